The third kappa shape index (κ3) is 2.71. The number of hydrogen-bond acceptors (Lipinski definition) is 3. The third-order valence-electron chi connectivity index (χ3n) is 7.18. The average molecular weight is 357 g/mol. The number of carbonyl (C=O) groups excluding carboxylic acids is 2. The number of rotatable bonds is 3. The van der Waals surface area contributed by atoms with E-state index in [-0.39, 0.29) is 23.1 Å². The highest BCUT2D eigenvalue weighted by atomic mass is 16.5. The molecule has 3 rings (SSSR count). The molecular weight excluding hydrogens is 324 g/mol. The number of fused-ring (bicyclic) bond motifs is 3. The van der Waals surface area contributed by atoms with Crippen LogP contribution in [0.25, 0.3) is 0 Å². The van der Waals surface area contributed by atoms with Crippen molar-refractivity contribution in [3.63, 3.8) is 0 Å². The number of ketones is 1. The summed E-state index contributed by atoms with van der Waals surface area (Å²) in [5.41, 5.74) is 4.15. The van der Waals surface area contributed by atoms with Gasteiger partial charge in [0.1, 0.15) is 0 Å². The summed E-state index contributed by atoms with van der Waals surface area (Å²) >= 11 is 0. The number of esters is 1. The molecule has 0 aromatic heterocycles. The quantitative estimate of drug-likeness (QED) is 0.552. The summed E-state index contributed by atoms with van der Waals surface area (Å²) in [5.74, 6) is 0.640. The van der Waals surface area contributed by atoms with Gasteiger partial charge in [-0.1, -0.05) is 33.3 Å². The summed E-state index contributed by atoms with van der Waals surface area (Å²) in [6, 6.07) is 4.42. The fraction of sp³-hybridized carbons (Fsp3) is 0.652. The smallest absolute Gasteiger partial charge is 0.311 e. The van der Waals surface area contributed by atoms with Crippen molar-refractivity contribution in [3.8, 4) is 0 Å². The predicted molar refractivity (Wildman–Crippen MR) is 104 cm³/mol. The molecule has 2 aliphatic rings. The van der Waals surface area contributed by atoms with E-state index < -0.39 is 5.41 Å². The zero-order valence-corrected chi connectivity index (χ0v) is 17.1. The van der Waals surface area contributed by atoms with Crippen molar-refractivity contribution in [2.45, 2.75) is 78.1 Å². The molecule has 1 fully saturated rings. The molecule has 0 amide bonds. The van der Waals surface area contributed by atoms with E-state index in [0.29, 0.717) is 5.92 Å². The Morgan fingerprint density at radius 1 is 1.19 bits per heavy atom. The SMILES string of the molecule is COC(=O)[C@@]1(C)CCC[C@]2(C)c3cc(C(C)=O)c(C(C)C)cc3CC[C@@H]12. The van der Waals surface area contributed by atoms with E-state index in [2.05, 4.69) is 39.8 Å². The largest absolute Gasteiger partial charge is 0.469 e. The predicted octanol–water partition coefficient (Wildman–Crippen LogP) is 5.20. The van der Waals surface area contributed by atoms with Crippen LogP contribution in [-0.4, -0.2) is 18.9 Å². The fourth-order valence-electron chi connectivity index (χ4n) is 5.80. The van der Waals surface area contributed by atoms with Gasteiger partial charge in [0, 0.05) is 5.56 Å². The van der Waals surface area contributed by atoms with Crippen LogP contribution in [0.2, 0.25) is 0 Å². The molecule has 0 radical (unpaired) electrons. The lowest BCUT2D eigenvalue weighted by Gasteiger charge is -2.54. The minimum atomic E-state index is -0.438. The van der Waals surface area contributed by atoms with E-state index in [1.807, 2.05) is 0 Å². The number of ether oxygens (including phenoxy) is 1. The first-order valence-electron chi connectivity index (χ1n) is 9.91. The number of methoxy groups -OCH3 is 1. The topological polar surface area (TPSA) is 43.4 Å². The van der Waals surface area contributed by atoms with Gasteiger partial charge in [0.15, 0.2) is 5.78 Å². The first-order valence-corrected chi connectivity index (χ1v) is 9.91. The number of hydrogen-bond donors (Lipinski definition) is 0. The molecule has 0 heterocycles. The summed E-state index contributed by atoms with van der Waals surface area (Å²) in [5, 5.41) is 0. The maximum absolute atomic E-state index is 12.6. The van der Waals surface area contributed by atoms with E-state index in [0.717, 1.165) is 43.2 Å². The molecule has 1 aromatic rings. The van der Waals surface area contributed by atoms with Crippen LogP contribution in [0.3, 0.4) is 0 Å². The summed E-state index contributed by atoms with van der Waals surface area (Å²) in [6.45, 7) is 10.3. The van der Waals surface area contributed by atoms with Gasteiger partial charge in [0.05, 0.1) is 12.5 Å². The van der Waals surface area contributed by atoms with Crippen LogP contribution < -0.4 is 0 Å². The zero-order valence-electron chi connectivity index (χ0n) is 17.1. The van der Waals surface area contributed by atoms with Crippen molar-refractivity contribution in [1.29, 1.82) is 0 Å². The number of carbonyl (C=O) groups is 2. The summed E-state index contributed by atoms with van der Waals surface area (Å²) in [7, 11) is 1.50. The Morgan fingerprint density at radius 2 is 1.88 bits per heavy atom. The second-order valence-corrected chi connectivity index (χ2v) is 9.08. The van der Waals surface area contributed by atoms with Crippen LogP contribution in [0.5, 0.6) is 0 Å². The van der Waals surface area contributed by atoms with Crippen LogP contribution in [0.1, 0.15) is 93.3 Å². The van der Waals surface area contributed by atoms with Gasteiger partial charge in [-0.15, -0.1) is 0 Å². The Labute approximate surface area is 157 Å². The van der Waals surface area contributed by atoms with Gasteiger partial charge in [-0.25, -0.2) is 0 Å². The molecule has 0 aliphatic heterocycles. The minimum absolute atomic E-state index is 0.0749. The molecule has 0 unspecified atom stereocenters. The molecule has 1 saturated carbocycles. The molecule has 3 nitrogen and oxygen atoms in total. The molecule has 142 valence electrons. The Morgan fingerprint density at radius 3 is 2.46 bits per heavy atom. The average Bonchev–Trinajstić information content (AvgIpc) is 2.59. The van der Waals surface area contributed by atoms with Gasteiger partial charge in [0.25, 0.3) is 0 Å². The molecule has 1 aromatic carbocycles. The van der Waals surface area contributed by atoms with Gasteiger partial charge in [-0.2, -0.15) is 0 Å². The number of benzene rings is 1. The monoisotopic (exact) mass is 356 g/mol. The molecule has 3 heteroatoms. The molecule has 3 atom stereocenters. The van der Waals surface area contributed by atoms with Crippen molar-refractivity contribution in [2.24, 2.45) is 11.3 Å². The Hall–Kier alpha value is -1.64. The maximum atomic E-state index is 12.6. The number of Topliss-reactive ketones (excluding diaryl/α,β-unsaturated/α-hetero) is 1. The normalized spacial score (nSPS) is 30.5. The first-order chi connectivity index (χ1) is 12.1. The Balaban J connectivity index is 2.17. The molecule has 0 saturated heterocycles. The lowest BCUT2D eigenvalue weighted by atomic mass is 9.49. The van der Waals surface area contributed by atoms with Crippen molar-refractivity contribution in [2.75, 3.05) is 7.11 Å². The molecule has 0 N–H and O–H groups in total. The lowest BCUT2D eigenvalue weighted by Crippen LogP contribution is -2.52. The van der Waals surface area contributed by atoms with E-state index in [9.17, 15) is 9.59 Å². The van der Waals surface area contributed by atoms with Gasteiger partial charge in [0.2, 0.25) is 0 Å². The van der Waals surface area contributed by atoms with E-state index in [1.54, 1.807) is 6.92 Å². The summed E-state index contributed by atoms with van der Waals surface area (Å²) in [4.78, 5) is 25.0. The molecule has 0 spiro atoms. The second-order valence-electron chi connectivity index (χ2n) is 9.08. The van der Waals surface area contributed by atoms with Crippen molar-refractivity contribution in [1.82, 2.24) is 0 Å². The standard InChI is InChI=1S/C23H32O3/c1-14(2)17-12-16-8-9-20-22(4,19(16)13-18(17)15(3)24)10-7-11-23(20,5)21(25)26-6/h12-14,20H,7-11H2,1-6H3/t20-,22-,23+/m1/s1. The van der Waals surface area contributed by atoms with Gasteiger partial charge in [-0.05, 0) is 79.5 Å². The van der Waals surface area contributed by atoms with Gasteiger partial charge in [-0.3, -0.25) is 9.59 Å². The minimum Gasteiger partial charge on any atom is -0.469 e. The van der Waals surface area contributed by atoms with E-state index >= 15 is 0 Å². The van der Waals surface area contributed by atoms with Crippen LogP contribution in [0.15, 0.2) is 12.1 Å². The molecule has 0 bridgehead atoms. The molecule has 26 heavy (non-hydrogen) atoms. The van der Waals surface area contributed by atoms with Crippen LogP contribution >= 0.6 is 0 Å². The fourth-order valence-corrected chi connectivity index (χ4v) is 5.80. The highest BCUT2D eigenvalue weighted by molar-refractivity contribution is 5.96. The van der Waals surface area contributed by atoms with Gasteiger partial charge >= 0.3 is 5.97 Å². The van der Waals surface area contributed by atoms with E-state index in [4.69, 9.17) is 4.74 Å². The lowest BCUT2D eigenvalue weighted by molar-refractivity contribution is -0.161. The van der Waals surface area contributed by atoms with E-state index in [1.165, 1.54) is 18.2 Å². The third-order valence-corrected chi connectivity index (χ3v) is 7.18. The Bertz CT molecular complexity index is 748. The van der Waals surface area contributed by atoms with Crippen molar-refractivity contribution >= 4 is 11.8 Å². The maximum Gasteiger partial charge on any atom is 0.311 e. The van der Waals surface area contributed by atoms with Crippen molar-refractivity contribution < 1.29 is 14.3 Å². The first kappa shape index (κ1) is 19.1. The molecular formula is C23H32O3. The summed E-state index contributed by atoms with van der Waals surface area (Å²) < 4.78 is 5.19. The Kier molecular flexibility index (Phi) is 4.79. The highest BCUT2D eigenvalue weighted by Crippen LogP contribution is 2.58. The summed E-state index contributed by atoms with van der Waals surface area (Å²) in [6.07, 6.45) is 4.94. The highest BCUT2D eigenvalue weighted by Gasteiger charge is 2.55. The molecule has 2 aliphatic carbocycles. The van der Waals surface area contributed by atoms with Crippen LogP contribution in [0.4, 0.5) is 0 Å². The number of aryl methyl sites for hydroxylation is 1. The van der Waals surface area contributed by atoms with Crippen LogP contribution in [0, 0.1) is 11.3 Å². The zero-order chi connectivity index (χ0) is 19.3. The second kappa shape index (κ2) is 6.51. The van der Waals surface area contributed by atoms with Crippen LogP contribution in [-0.2, 0) is 21.4 Å². The van der Waals surface area contributed by atoms with Gasteiger partial charge < -0.3 is 4.74 Å². The van der Waals surface area contributed by atoms with Crippen molar-refractivity contribution in [3.05, 3.63) is 34.4 Å².